The van der Waals surface area contributed by atoms with Crippen molar-refractivity contribution in [1.82, 2.24) is 20.5 Å². The van der Waals surface area contributed by atoms with Crippen LogP contribution in [0.3, 0.4) is 0 Å². The zero-order valence-corrected chi connectivity index (χ0v) is 20.9. The summed E-state index contributed by atoms with van der Waals surface area (Å²) in [7, 11) is 0. The second-order valence-electron chi connectivity index (χ2n) is 9.42. The molecule has 0 bridgehead atoms. The highest BCUT2D eigenvalue weighted by Crippen LogP contribution is 2.21. The van der Waals surface area contributed by atoms with Gasteiger partial charge in [-0.15, -0.1) is 0 Å². The number of nitrogens with two attached hydrogens (primary N) is 1. The van der Waals surface area contributed by atoms with Crippen molar-refractivity contribution in [1.29, 1.82) is 0 Å². The number of likely N-dealkylation sites (tertiary alicyclic amines) is 1. The number of fused-ring (bicyclic) bond motifs is 1. The summed E-state index contributed by atoms with van der Waals surface area (Å²) >= 11 is 0. The summed E-state index contributed by atoms with van der Waals surface area (Å²) in [5, 5.41) is 34.4. The Bertz CT molecular complexity index is 1200. The number of rotatable bonds is 12. The molecule has 0 radical (unpaired) electrons. The van der Waals surface area contributed by atoms with Crippen molar-refractivity contribution >= 4 is 40.6 Å². The summed E-state index contributed by atoms with van der Waals surface area (Å²) in [5.41, 5.74) is 7.31. The van der Waals surface area contributed by atoms with Gasteiger partial charge in [0.1, 0.15) is 18.1 Å². The predicted molar refractivity (Wildman–Crippen MR) is 135 cm³/mol. The van der Waals surface area contributed by atoms with Crippen molar-refractivity contribution in [2.24, 2.45) is 5.73 Å². The minimum atomic E-state index is -1.48. The summed E-state index contributed by atoms with van der Waals surface area (Å²) in [6, 6.07) is 2.42. The molecular formula is C25H33N5O8. The third-order valence-corrected chi connectivity index (χ3v) is 6.60. The molecule has 13 heteroatoms. The Labute approximate surface area is 218 Å². The van der Waals surface area contributed by atoms with E-state index >= 15 is 0 Å². The molecule has 3 rings (SSSR count). The van der Waals surface area contributed by atoms with E-state index in [2.05, 4.69) is 15.6 Å². The van der Waals surface area contributed by atoms with Crippen molar-refractivity contribution in [3.05, 3.63) is 36.0 Å². The standard InChI is InChI=1S/C25H33N5O8/c1-13(31)21(29-22(34)19-7-4-10-30(19)24(36)16(26)8-9-20(32)33)23(35)28-18(25(37)38)11-14-12-27-17-6-3-2-5-15(14)17/h2-3,5-6,12-13,16,18-19,21,27,31H,4,7-11,26H2,1H3,(H,28,35)(H,29,34)(H,32,33)(H,37,38). The van der Waals surface area contributed by atoms with Crippen LogP contribution in [0.4, 0.5) is 0 Å². The number of benzene rings is 1. The van der Waals surface area contributed by atoms with E-state index in [0.29, 0.717) is 12.0 Å². The smallest absolute Gasteiger partial charge is 0.326 e. The number of hydrogen-bond donors (Lipinski definition) is 7. The Morgan fingerprint density at radius 2 is 1.87 bits per heavy atom. The summed E-state index contributed by atoms with van der Waals surface area (Å²) in [6.45, 7) is 1.51. The van der Waals surface area contributed by atoms with Crippen LogP contribution in [0.5, 0.6) is 0 Å². The Morgan fingerprint density at radius 1 is 1.16 bits per heavy atom. The van der Waals surface area contributed by atoms with E-state index in [0.717, 1.165) is 10.9 Å². The summed E-state index contributed by atoms with van der Waals surface area (Å²) in [4.78, 5) is 65.8. The number of H-pyrrole nitrogens is 1. The van der Waals surface area contributed by atoms with Crippen LogP contribution < -0.4 is 16.4 Å². The topological polar surface area (TPSA) is 215 Å². The van der Waals surface area contributed by atoms with Crippen LogP contribution in [-0.4, -0.2) is 91.7 Å². The molecule has 1 aromatic carbocycles. The third kappa shape index (κ3) is 6.86. The normalized spacial score (nSPS) is 18.4. The molecule has 1 aliphatic heterocycles. The summed E-state index contributed by atoms with van der Waals surface area (Å²) in [5.74, 6) is -4.56. The number of aliphatic hydroxyl groups is 1. The maximum Gasteiger partial charge on any atom is 0.326 e. The molecule has 206 valence electrons. The van der Waals surface area contributed by atoms with E-state index in [9.17, 15) is 34.2 Å². The first-order valence-corrected chi connectivity index (χ1v) is 12.3. The maximum absolute atomic E-state index is 13.0. The van der Waals surface area contributed by atoms with Crippen molar-refractivity contribution in [3.8, 4) is 0 Å². The maximum atomic E-state index is 13.0. The number of carbonyl (C=O) groups excluding carboxylic acids is 3. The van der Waals surface area contributed by atoms with Gasteiger partial charge >= 0.3 is 11.9 Å². The van der Waals surface area contributed by atoms with Gasteiger partial charge in [-0.05, 0) is 37.8 Å². The first-order chi connectivity index (χ1) is 18.0. The van der Waals surface area contributed by atoms with Gasteiger partial charge in [-0.25, -0.2) is 4.79 Å². The zero-order chi connectivity index (χ0) is 28.0. The number of aromatic nitrogens is 1. The Hall–Kier alpha value is -3.97. The monoisotopic (exact) mass is 531 g/mol. The largest absolute Gasteiger partial charge is 0.481 e. The average Bonchev–Trinajstić information content (AvgIpc) is 3.52. The summed E-state index contributed by atoms with van der Waals surface area (Å²) in [6.07, 6.45) is 0.640. The van der Waals surface area contributed by atoms with Crippen LogP contribution in [-0.2, 0) is 30.4 Å². The Balaban J connectivity index is 1.67. The fourth-order valence-corrected chi connectivity index (χ4v) is 4.56. The minimum Gasteiger partial charge on any atom is -0.481 e. The van der Waals surface area contributed by atoms with Gasteiger partial charge in [0.2, 0.25) is 17.7 Å². The molecule has 0 saturated carbocycles. The fourth-order valence-electron chi connectivity index (χ4n) is 4.56. The molecule has 5 atom stereocenters. The van der Waals surface area contributed by atoms with Gasteiger partial charge in [0.05, 0.1) is 12.1 Å². The summed E-state index contributed by atoms with van der Waals surface area (Å²) < 4.78 is 0. The van der Waals surface area contributed by atoms with Crippen molar-refractivity contribution in [3.63, 3.8) is 0 Å². The molecule has 2 heterocycles. The highest BCUT2D eigenvalue weighted by molar-refractivity contribution is 5.95. The second-order valence-corrected chi connectivity index (χ2v) is 9.42. The van der Waals surface area contributed by atoms with E-state index in [1.807, 2.05) is 24.3 Å². The van der Waals surface area contributed by atoms with Crippen LogP contribution >= 0.6 is 0 Å². The van der Waals surface area contributed by atoms with Crippen LogP contribution in [0.2, 0.25) is 0 Å². The molecule has 0 spiro atoms. The van der Waals surface area contributed by atoms with Gasteiger partial charge in [-0.2, -0.15) is 0 Å². The lowest BCUT2D eigenvalue weighted by molar-refractivity contribution is -0.144. The lowest BCUT2D eigenvalue weighted by atomic mass is 10.0. The molecule has 1 aromatic heterocycles. The van der Waals surface area contributed by atoms with Crippen LogP contribution in [0.1, 0.15) is 38.2 Å². The number of carboxylic acids is 2. The number of aliphatic hydroxyl groups excluding tert-OH is 1. The number of aromatic amines is 1. The van der Waals surface area contributed by atoms with E-state index in [1.165, 1.54) is 11.8 Å². The highest BCUT2D eigenvalue weighted by atomic mass is 16.4. The van der Waals surface area contributed by atoms with Gasteiger partial charge in [0.15, 0.2) is 0 Å². The number of carboxylic acid groups (broad SMARTS) is 2. The minimum absolute atomic E-state index is 0.0370. The molecule has 1 aliphatic rings. The number of nitrogens with one attached hydrogen (secondary N) is 3. The van der Waals surface area contributed by atoms with Crippen LogP contribution in [0, 0.1) is 0 Å². The van der Waals surface area contributed by atoms with Gasteiger partial charge in [-0.1, -0.05) is 18.2 Å². The average molecular weight is 532 g/mol. The fraction of sp³-hybridized carbons (Fsp3) is 0.480. The van der Waals surface area contributed by atoms with Crippen molar-refractivity contribution in [2.45, 2.75) is 69.3 Å². The molecule has 1 saturated heterocycles. The van der Waals surface area contributed by atoms with Crippen molar-refractivity contribution < 1.29 is 39.3 Å². The molecule has 1 fully saturated rings. The first-order valence-electron chi connectivity index (χ1n) is 12.3. The van der Waals surface area contributed by atoms with E-state index in [-0.39, 0.29) is 32.2 Å². The molecule has 5 unspecified atom stereocenters. The third-order valence-electron chi connectivity index (χ3n) is 6.60. The number of para-hydroxylation sites is 1. The molecule has 2 aromatic rings. The van der Waals surface area contributed by atoms with Crippen LogP contribution in [0.15, 0.2) is 30.5 Å². The highest BCUT2D eigenvalue weighted by Gasteiger charge is 2.39. The predicted octanol–water partition coefficient (Wildman–Crippen LogP) is -0.671. The van der Waals surface area contributed by atoms with Gasteiger partial charge in [0.25, 0.3) is 0 Å². The van der Waals surface area contributed by atoms with Crippen molar-refractivity contribution in [2.75, 3.05) is 6.54 Å². The lowest BCUT2D eigenvalue weighted by Crippen LogP contribution is -2.59. The number of amides is 3. The molecule has 3 amide bonds. The lowest BCUT2D eigenvalue weighted by Gasteiger charge is -2.29. The molecule has 0 aliphatic carbocycles. The zero-order valence-electron chi connectivity index (χ0n) is 20.9. The first kappa shape index (κ1) is 28.6. The molecular weight excluding hydrogens is 498 g/mol. The van der Waals surface area contributed by atoms with E-state index < -0.39 is 59.9 Å². The molecule has 38 heavy (non-hydrogen) atoms. The molecule has 13 nitrogen and oxygen atoms in total. The van der Waals surface area contributed by atoms with E-state index in [4.69, 9.17) is 10.8 Å². The molecule has 8 N–H and O–H groups in total. The van der Waals surface area contributed by atoms with Gasteiger partial charge in [-0.3, -0.25) is 19.2 Å². The van der Waals surface area contributed by atoms with Gasteiger partial charge < -0.3 is 41.6 Å². The Morgan fingerprint density at radius 3 is 2.53 bits per heavy atom. The van der Waals surface area contributed by atoms with Crippen LogP contribution in [0.25, 0.3) is 10.9 Å². The quantitative estimate of drug-likeness (QED) is 0.184. The second kappa shape index (κ2) is 12.5. The number of aliphatic carboxylic acids is 2. The van der Waals surface area contributed by atoms with Gasteiger partial charge in [0, 0.05) is 36.5 Å². The van der Waals surface area contributed by atoms with E-state index in [1.54, 1.807) is 6.20 Å². The SMILES string of the molecule is CC(O)C(NC(=O)C1CCCN1C(=O)C(N)CCC(=O)O)C(=O)NC(Cc1c[nH]c2ccccc12)C(=O)O. The number of nitrogens with zero attached hydrogens (tertiary/aromatic N) is 1. The number of hydrogen-bond acceptors (Lipinski definition) is 7. The Kier molecular flexibility index (Phi) is 9.42. The number of carbonyl (C=O) groups is 5.